The smallest absolute Gasteiger partial charge is 0.163 e. The van der Waals surface area contributed by atoms with Crippen molar-refractivity contribution in [3.63, 3.8) is 0 Å². The topological polar surface area (TPSA) is 115 Å². The van der Waals surface area contributed by atoms with Crippen LogP contribution in [0, 0.1) is 0 Å². The molecular weight excluding hydrogens is 278 g/mol. The van der Waals surface area contributed by atoms with Gasteiger partial charge in [0.2, 0.25) is 0 Å². The van der Waals surface area contributed by atoms with Gasteiger partial charge in [-0.25, -0.2) is 0 Å². The van der Waals surface area contributed by atoms with Gasteiger partial charge in [0, 0.05) is 11.6 Å². The summed E-state index contributed by atoms with van der Waals surface area (Å²) in [6.45, 7) is -0.493. The Morgan fingerprint density at radius 1 is 1.05 bits per heavy atom. The highest BCUT2D eigenvalue weighted by Crippen LogP contribution is 2.35. The van der Waals surface area contributed by atoms with Gasteiger partial charge >= 0.3 is 0 Å². The second kappa shape index (κ2) is 5.28. The molecule has 0 bridgehead atoms. The molecule has 0 unspecified atom stereocenters. The lowest BCUT2D eigenvalue weighted by Crippen LogP contribution is -2.56. The Morgan fingerprint density at radius 2 is 1.76 bits per heavy atom. The van der Waals surface area contributed by atoms with Crippen LogP contribution in [0.25, 0.3) is 10.9 Å². The number of nitrogens with zero attached hydrogens (tertiary/aromatic N) is 1. The van der Waals surface area contributed by atoms with Gasteiger partial charge in [0.05, 0.1) is 12.1 Å². The molecule has 1 fully saturated rings. The minimum Gasteiger partial charge on any atom is -0.506 e. The first kappa shape index (κ1) is 14.3. The summed E-state index contributed by atoms with van der Waals surface area (Å²) in [4.78, 5) is 0. The van der Waals surface area contributed by atoms with E-state index in [0.29, 0.717) is 10.9 Å². The molecule has 1 aromatic carbocycles. The number of hydrogen-bond donors (Lipinski definition) is 5. The molecular formula is C14H17NO6. The summed E-state index contributed by atoms with van der Waals surface area (Å²) in [5, 5.41) is 49.5. The van der Waals surface area contributed by atoms with Gasteiger partial charge < -0.3 is 34.8 Å². The molecule has 2 aromatic rings. The third-order valence-electron chi connectivity index (χ3n) is 3.86. The van der Waals surface area contributed by atoms with E-state index < -0.39 is 37.3 Å². The SMILES string of the molecule is OC[C@H]1O[C@H](n2cc(O)c3ccccc32)[C@@H](O)[C@@H](O)[C@@H]1O. The number of rotatable bonds is 2. The summed E-state index contributed by atoms with van der Waals surface area (Å²) in [5.41, 5.74) is 0.610. The number of aliphatic hydroxyl groups excluding tert-OH is 4. The normalized spacial score (nSPS) is 33.4. The molecule has 0 radical (unpaired) electrons. The third-order valence-corrected chi connectivity index (χ3v) is 3.86. The van der Waals surface area contributed by atoms with E-state index in [4.69, 9.17) is 4.74 Å². The van der Waals surface area contributed by atoms with Crippen molar-refractivity contribution in [2.45, 2.75) is 30.6 Å². The molecule has 2 heterocycles. The first-order valence-electron chi connectivity index (χ1n) is 6.63. The summed E-state index contributed by atoms with van der Waals surface area (Å²) in [7, 11) is 0. The Hall–Kier alpha value is -1.64. The van der Waals surface area contributed by atoms with Gasteiger partial charge in [-0.15, -0.1) is 0 Å². The average Bonchev–Trinajstić information content (AvgIpc) is 2.83. The number of benzene rings is 1. The Balaban J connectivity index is 2.05. The predicted octanol–water partition coefficient (Wildman–Crippen LogP) is -0.681. The molecule has 1 aromatic heterocycles. The summed E-state index contributed by atoms with van der Waals surface area (Å²) in [6.07, 6.45) is -4.88. The van der Waals surface area contributed by atoms with Crippen LogP contribution >= 0.6 is 0 Å². The fourth-order valence-corrected chi connectivity index (χ4v) is 2.71. The fourth-order valence-electron chi connectivity index (χ4n) is 2.71. The Kier molecular flexibility index (Phi) is 3.60. The van der Waals surface area contributed by atoms with Crippen LogP contribution < -0.4 is 0 Å². The molecule has 0 amide bonds. The first-order chi connectivity index (χ1) is 10.0. The minimum atomic E-state index is -1.45. The molecule has 7 heteroatoms. The van der Waals surface area contributed by atoms with Crippen LogP contribution in [0.2, 0.25) is 0 Å². The average molecular weight is 295 g/mol. The highest BCUT2D eigenvalue weighted by Gasteiger charge is 2.44. The number of ether oxygens (including phenoxy) is 1. The molecule has 1 aliphatic heterocycles. The summed E-state index contributed by atoms with van der Waals surface area (Å²) >= 11 is 0. The lowest BCUT2D eigenvalue weighted by molar-refractivity contribution is -0.250. The van der Waals surface area contributed by atoms with Crippen LogP contribution in [0.5, 0.6) is 5.75 Å². The molecule has 0 spiro atoms. The zero-order valence-electron chi connectivity index (χ0n) is 11.1. The van der Waals surface area contributed by atoms with E-state index in [-0.39, 0.29) is 5.75 Å². The predicted molar refractivity (Wildman–Crippen MR) is 72.6 cm³/mol. The van der Waals surface area contributed by atoms with E-state index in [2.05, 4.69) is 0 Å². The molecule has 5 N–H and O–H groups in total. The van der Waals surface area contributed by atoms with Gasteiger partial charge in [0.25, 0.3) is 0 Å². The van der Waals surface area contributed by atoms with Gasteiger partial charge in [0.1, 0.15) is 30.2 Å². The largest absolute Gasteiger partial charge is 0.506 e. The van der Waals surface area contributed by atoms with Crippen molar-refractivity contribution in [3.05, 3.63) is 30.5 Å². The summed E-state index contributed by atoms with van der Waals surface area (Å²) < 4.78 is 6.96. The van der Waals surface area contributed by atoms with E-state index >= 15 is 0 Å². The van der Waals surface area contributed by atoms with Gasteiger partial charge in [0.15, 0.2) is 6.23 Å². The van der Waals surface area contributed by atoms with Crippen LogP contribution in [0.4, 0.5) is 0 Å². The van der Waals surface area contributed by atoms with Gasteiger partial charge in [-0.1, -0.05) is 12.1 Å². The van der Waals surface area contributed by atoms with Gasteiger partial charge in [-0.3, -0.25) is 0 Å². The van der Waals surface area contributed by atoms with Crippen molar-refractivity contribution < 1.29 is 30.3 Å². The van der Waals surface area contributed by atoms with Crippen LogP contribution in [0.15, 0.2) is 30.5 Å². The zero-order chi connectivity index (χ0) is 15.1. The second-order valence-electron chi connectivity index (χ2n) is 5.16. The standard InChI is InChI=1S/C14H17NO6/c16-6-10-11(18)12(19)13(20)14(21-10)15-5-9(17)7-3-1-2-4-8(7)15/h1-5,10-14,16-20H,6H2/t10-,11-,12+,13+,14+/m1/s1. The van der Waals surface area contributed by atoms with Crippen molar-refractivity contribution in [2.24, 2.45) is 0 Å². The van der Waals surface area contributed by atoms with Crippen molar-refractivity contribution in [1.82, 2.24) is 4.57 Å². The minimum absolute atomic E-state index is 0.0163. The molecule has 3 rings (SSSR count). The van der Waals surface area contributed by atoms with Crippen molar-refractivity contribution in [2.75, 3.05) is 6.61 Å². The molecule has 1 aliphatic rings. The molecule has 7 nitrogen and oxygen atoms in total. The van der Waals surface area contributed by atoms with Crippen molar-refractivity contribution in [3.8, 4) is 5.75 Å². The van der Waals surface area contributed by atoms with Crippen molar-refractivity contribution in [1.29, 1.82) is 0 Å². The number of para-hydroxylation sites is 1. The zero-order valence-corrected chi connectivity index (χ0v) is 11.1. The van der Waals surface area contributed by atoms with Crippen LogP contribution in [-0.4, -0.2) is 61.1 Å². The number of aromatic hydroxyl groups is 1. The van der Waals surface area contributed by atoms with Crippen LogP contribution in [0.3, 0.4) is 0 Å². The number of aromatic nitrogens is 1. The second-order valence-corrected chi connectivity index (χ2v) is 5.16. The Morgan fingerprint density at radius 3 is 2.48 bits per heavy atom. The third kappa shape index (κ3) is 2.19. The molecule has 0 aliphatic carbocycles. The lowest BCUT2D eigenvalue weighted by Gasteiger charge is -2.40. The maximum atomic E-state index is 10.1. The van der Waals surface area contributed by atoms with E-state index in [1.807, 2.05) is 0 Å². The Bertz CT molecular complexity index is 639. The molecule has 5 atom stereocenters. The van der Waals surface area contributed by atoms with Gasteiger partial charge in [-0.05, 0) is 12.1 Å². The fraction of sp³-hybridized carbons (Fsp3) is 0.429. The van der Waals surface area contributed by atoms with Crippen LogP contribution in [-0.2, 0) is 4.74 Å². The molecule has 0 saturated carbocycles. The van der Waals surface area contributed by atoms with Crippen LogP contribution in [0.1, 0.15) is 6.23 Å². The molecule has 1 saturated heterocycles. The van der Waals surface area contributed by atoms with E-state index in [0.717, 1.165) is 0 Å². The highest BCUT2D eigenvalue weighted by atomic mass is 16.6. The summed E-state index contributed by atoms with van der Waals surface area (Å²) in [5.74, 6) is 0.0163. The van der Waals surface area contributed by atoms with E-state index in [1.165, 1.54) is 10.8 Å². The highest BCUT2D eigenvalue weighted by molar-refractivity contribution is 5.86. The number of aliphatic hydroxyl groups is 4. The quantitative estimate of drug-likeness (QED) is 0.501. The Labute approximate surface area is 120 Å². The first-order valence-corrected chi connectivity index (χ1v) is 6.63. The number of hydrogen-bond acceptors (Lipinski definition) is 6. The maximum Gasteiger partial charge on any atom is 0.163 e. The van der Waals surface area contributed by atoms with E-state index in [1.54, 1.807) is 24.3 Å². The maximum absolute atomic E-state index is 10.1. The molecule has 114 valence electrons. The van der Waals surface area contributed by atoms with E-state index in [9.17, 15) is 25.5 Å². The summed E-state index contributed by atoms with van der Waals surface area (Å²) in [6, 6.07) is 6.98. The lowest BCUT2D eigenvalue weighted by atomic mass is 9.98. The van der Waals surface area contributed by atoms with Gasteiger partial charge in [-0.2, -0.15) is 0 Å². The number of fused-ring (bicyclic) bond motifs is 1. The molecule has 21 heavy (non-hydrogen) atoms. The monoisotopic (exact) mass is 295 g/mol. The van der Waals surface area contributed by atoms with Crippen molar-refractivity contribution >= 4 is 10.9 Å².